The SMILES string of the molecule is N#Cc1cccc(N2N=C(C(F)(F)F)CC2C(=O)Nc2cccc(C(NCC3CC3)c3ccccc3OCc3ccccc3)c2)c1. The van der Waals surface area contributed by atoms with Crippen LogP contribution in [-0.2, 0) is 11.4 Å². The zero-order valence-electron chi connectivity index (χ0n) is 24.9. The third-order valence-corrected chi connectivity index (χ3v) is 8.04. The van der Waals surface area contributed by atoms with Crippen molar-refractivity contribution in [1.82, 2.24) is 5.32 Å². The molecule has 2 aliphatic rings. The summed E-state index contributed by atoms with van der Waals surface area (Å²) in [6, 6.07) is 31.5. The van der Waals surface area contributed by atoms with Gasteiger partial charge >= 0.3 is 6.18 Å². The molecule has 2 N–H and O–H groups in total. The predicted molar refractivity (Wildman–Crippen MR) is 170 cm³/mol. The van der Waals surface area contributed by atoms with E-state index < -0.39 is 30.3 Å². The molecule has 2 atom stereocenters. The Labute approximate surface area is 265 Å². The van der Waals surface area contributed by atoms with Crippen LogP contribution in [0.2, 0.25) is 0 Å². The van der Waals surface area contributed by atoms with E-state index in [1.54, 1.807) is 12.1 Å². The summed E-state index contributed by atoms with van der Waals surface area (Å²) in [5, 5.41) is 20.6. The second kappa shape index (κ2) is 13.5. The van der Waals surface area contributed by atoms with Gasteiger partial charge in [0.1, 0.15) is 24.1 Å². The summed E-state index contributed by atoms with van der Waals surface area (Å²) in [5.74, 6) is 0.683. The number of nitriles is 1. The van der Waals surface area contributed by atoms with Crippen LogP contribution >= 0.6 is 0 Å². The normalized spacial score (nSPS) is 16.8. The van der Waals surface area contributed by atoms with E-state index in [9.17, 15) is 23.2 Å². The minimum Gasteiger partial charge on any atom is -0.489 e. The number of benzene rings is 4. The van der Waals surface area contributed by atoms with Crippen LogP contribution in [0.25, 0.3) is 0 Å². The number of carbonyl (C=O) groups is 1. The third kappa shape index (κ3) is 7.38. The molecule has 7 nitrogen and oxygen atoms in total. The topological polar surface area (TPSA) is 89.8 Å². The number of carbonyl (C=O) groups excluding carboxylic acids is 1. The predicted octanol–water partition coefficient (Wildman–Crippen LogP) is 7.36. The van der Waals surface area contributed by atoms with Crippen molar-refractivity contribution in [3.05, 3.63) is 125 Å². The zero-order chi connectivity index (χ0) is 32.1. The van der Waals surface area contributed by atoms with Gasteiger partial charge in [-0.2, -0.15) is 23.5 Å². The van der Waals surface area contributed by atoms with Crippen molar-refractivity contribution in [2.75, 3.05) is 16.9 Å². The van der Waals surface area contributed by atoms with Crippen LogP contribution in [0.1, 0.15) is 47.6 Å². The first kappa shape index (κ1) is 30.9. The van der Waals surface area contributed by atoms with Gasteiger partial charge < -0.3 is 15.4 Å². The molecule has 10 heteroatoms. The van der Waals surface area contributed by atoms with Gasteiger partial charge in [0.05, 0.1) is 23.4 Å². The number of anilines is 2. The molecule has 2 unspecified atom stereocenters. The van der Waals surface area contributed by atoms with Crippen molar-refractivity contribution in [3.8, 4) is 11.8 Å². The van der Waals surface area contributed by atoms with Crippen molar-refractivity contribution >= 4 is 23.0 Å². The van der Waals surface area contributed by atoms with E-state index in [1.807, 2.05) is 78.9 Å². The fraction of sp³-hybridized carbons (Fsp3) is 0.250. The van der Waals surface area contributed by atoms with Crippen LogP contribution in [0.3, 0.4) is 0 Å². The van der Waals surface area contributed by atoms with E-state index in [0.717, 1.165) is 34.0 Å². The summed E-state index contributed by atoms with van der Waals surface area (Å²) in [6.45, 7) is 1.21. The standard InChI is InChI=1S/C36H32F3N5O2/c37-36(38,39)33-20-31(44(43-33)29-13-6-10-26(18-29)21-40)35(45)42-28-12-7-11-27(19-28)34(41-22-24-16-17-24)30-14-4-5-15-32(30)46-23-25-8-2-1-3-9-25/h1-15,18-19,24,31,34,41H,16-17,20,22-23H2,(H,42,45). The van der Waals surface area contributed by atoms with E-state index in [2.05, 4.69) is 15.7 Å². The minimum absolute atomic E-state index is 0.226. The Morgan fingerprint density at radius 2 is 1.74 bits per heavy atom. The van der Waals surface area contributed by atoms with Crippen molar-refractivity contribution in [2.45, 2.75) is 44.1 Å². The summed E-state index contributed by atoms with van der Waals surface area (Å²) >= 11 is 0. The Bertz CT molecular complexity index is 1770. The van der Waals surface area contributed by atoms with Crippen molar-refractivity contribution < 1.29 is 22.7 Å². The zero-order valence-corrected chi connectivity index (χ0v) is 24.9. The average Bonchev–Trinajstić information content (AvgIpc) is 3.78. The Kier molecular flexibility index (Phi) is 9.04. The molecule has 0 bridgehead atoms. The molecule has 234 valence electrons. The summed E-state index contributed by atoms with van der Waals surface area (Å²) in [4.78, 5) is 13.6. The molecule has 46 heavy (non-hydrogen) atoms. The van der Waals surface area contributed by atoms with Gasteiger partial charge in [-0.25, -0.2) is 0 Å². The quantitative estimate of drug-likeness (QED) is 0.182. The van der Waals surface area contributed by atoms with Gasteiger partial charge in [0.25, 0.3) is 0 Å². The van der Waals surface area contributed by atoms with Gasteiger partial charge in [-0.05, 0) is 72.8 Å². The maximum Gasteiger partial charge on any atom is 0.431 e. The van der Waals surface area contributed by atoms with Gasteiger partial charge in [-0.15, -0.1) is 0 Å². The number of amides is 1. The lowest BCUT2D eigenvalue weighted by Gasteiger charge is -2.24. The summed E-state index contributed by atoms with van der Waals surface area (Å²) in [5.41, 5.74) is 2.70. The number of nitrogens with zero attached hydrogens (tertiary/aromatic N) is 3. The maximum absolute atomic E-state index is 13.7. The lowest BCUT2D eigenvalue weighted by molar-refractivity contribution is -0.117. The first-order valence-corrected chi connectivity index (χ1v) is 15.1. The van der Waals surface area contributed by atoms with Crippen LogP contribution < -0.4 is 20.4 Å². The van der Waals surface area contributed by atoms with Gasteiger partial charge in [-0.1, -0.05) is 66.7 Å². The Morgan fingerprint density at radius 3 is 2.50 bits per heavy atom. The number of hydrogen-bond acceptors (Lipinski definition) is 6. The second-order valence-corrected chi connectivity index (χ2v) is 11.5. The number of para-hydroxylation sites is 1. The Balaban J connectivity index is 1.25. The molecule has 4 aromatic rings. The minimum atomic E-state index is -4.70. The monoisotopic (exact) mass is 623 g/mol. The number of alkyl halides is 3. The summed E-state index contributed by atoms with van der Waals surface area (Å²) in [6.07, 6.45) is -2.99. The smallest absolute Gasteiger partial charge is 0.431 e. The van der Waals surface area contributed by atoms with Gasteiger partial charge in [0.2, 0.25) is 5.91 Å². The summed E-state index contributed by atoms with van der Waals surface area (Å²) < 4.78 is 47.4. The van der Waals surface area contributed by atoms with E-state index in [1.165, 1.54) is 31.0 Å². The van der Waals surface area contributed by atoms with Crippen LogP contribution in [0.5, 0.6) is 5.75 Å². The molecular formula is C36H32F3N5O2. The van der Waals surface area contributed by atoms with Crippen LogP contribution in [-0.4, -0.2) is 30.4 Å². The molecule has 6 rings (SSSR count). The first-order valence-electron chi connectivity index (χ1n) is 15.1. The van der Waals surface area contributed by atoms with Crippen molar-refractivity contribution in [2.24, 2.45) is 11.0 Å². The highest BCUT2D eigenvalue weighted by molar-refractivity contribution is 6.04. The molecule has 1 amide bonds. The largest absolute Gasteiger partial charge is 0.489 e. The highest BCUT2D eigenvalue weighted by atomic mass is 19.4. The van der Waals surface area contributed by atoms with Crippen molar-refractivity contribution in [1.29, 1.82) is 5.26 Å². The van der Waals surface area contributed by atoms with E-state index in [0.29, 0.717) is 18.2 Å². The fourth-order valence-electron chi connectivity index (χ4n) is 5.46. The molecule has 1 aliphatic heterocycles. The second-order valence-electron chi connectivity index (χ2n) is 11.5. The van der Waals surface area contributed by atoms with Crippen LogP contribution in [0, 0.1) is 17.2 Å². The molecule has 0 aromatic heterocycles. The first-order chi connectivity index (χ1) is 22.3. The average molecular weight is 624 g/mol. The molecule has 0 radical (unpaired) electrons. The Hall–Kier alpha value is -5.14. The number of rotatable bonds is 11. The molecule has 1 aliphatic carbocycles. The fourth-order valence-corrected chi connectivity index (χ4v) is 5.46. The van der Waals surface area contributed by atoms with Gasteiger partial charge in [0, 0.05) is 17.7 Å². The molecule has 1 saturated carbocycles. The Morgan fingerprint density at radius 1 is 0.978 bits per heavy atom. The number of hydrogen-bond donors (Lipinski definition) is 2. The number of hydrazone groups is 1. The molecule has 0 saturated heterocycles. The lowest BCUT2D eigenvalue weighted by atomic mass is 9.97. The third-order valence-electron chi connectivity index (χ3n) is 8.04. The highest BCUT2D eigenvalue weighted by Crippen LogP contribution is 2.35. The highest BCUT2D eigenvalue weighted by Gasteiger charge is 2.45. The molecular weight excluding hydrogens is 591 g/mol. The van der Waals surface area contributed by atoms with Crippen LogP contribution in [0.4, 0.5) is 24.5 Å². The number of nitrogens with one attached hydrogen (secondary N) is 2. The van der Waals surface area contributed by atoms with E-state index >= 15 is 0 Å². The van der Waals surface area contributed by atoms with E-state index in [4.69, 9.17) is 4.74 Å². The molecule has 1 heterocycles. The van der Waals surface area contributed by atoms with Crippen molar-refractivity contribution in [3.63, 3.8) is 0 Å². The number of ether oxygens (including phenoxy) is 1. The number of halogens is 3. The van der Waals surface area contributed by atoms with Gasteiger partial charge in [0.15, 0.2) is 0 Å². The molecule has 4 aromatic carbocycles. The molecule has 1 fully saturated rings. The van der Waals surface area contributed by atoms with Crippen LogP contribution in [0.15, 0.2) is 108 Å². The van der Waals surface area contributed by atoms with E-state index in [-0.39, 0.29) is 17.3 Å². The maximum atomic E-state index is 13.7. The molecule has 0 spiro atoms. The van der Waals surface area contributed by atoms with Gasteiger partial charge in [-0.3, -0.25) is 9.80 Å². The summed E-state index contributed by atoms with van der Waals surface area (Å²) in [7, 11) is 0. The lowest BCUT2D eigenvalue weighted by Crippen LogP contribution is -2.39.